The Morgan fingerprint density at radius 3 is 2.67 bits per heavy atom. The van der Waals surface area contributed by atoms with Crippen LogP contribution in [0.2, 0.25) is 0 Å². The van der Waals surface area contributed by atoms with Crippen molar-refractivity contribution in [1.29, 1.82) is 0 Å². The monoisotopic (exact) mass is 330 g/mol. The molecule has 132 valence electrons. The molecule has 0 radical (unpaired) electrons. The number of hydrogen-bond acceptors (Lipinski definition) is 3. The van der Waals surface area contributed by atoms with Crippen molar-refractivity contribution in [2.24, 2.45) is 5.92 Å². The van der Waals surface area contributed by atoms with Crippen molar-refractivity contribution in [3.05, 3.63) is 35.4 Å². The number of benzene rings is 1. The van der Waals surface area contributed by atoms with E-state index in [2.05, 4.69) is 35.9 Å². The molecule has 2 fully saturated rings. The molecule has 3 rings (SSSR count). The summed E-state index contributed by atoms with van der Waals surface area (Å²) in [6.45, 7) is 6.77. The lowest BCUT2D eigenvalue weighted by atomic mass is 9.98. The Balaban J connectivity index is 1.70. The molecule has 1 aromatic rings. The van der Waals surface area contributed by atoms with Gasteiger partial charge in [0.1, 0.15) is 0 Å². The first-order chi connectivity index (χ1) is 11.6. The Kier molecular flexibility index (Phi) is 5.90. The second kappa shape index (κ2) is 8.13. The molecule has 0 spiro atoms. The van der Waals surface area contributed by atoms with E-state index in [9.17, 15) is 4.79 Å². The number of amides is 1. The standard InChI is InChI=1S/C20H30N2O2/c1-16-5-3-4-6-18(16)13-20(23)22(14-17-9-12-24-15-17)19-7-10-21(2)11-8-19/h3-6,17,19H,7-15H2,1-2H3. The van der Waals surface area contributed by atoms with Crippen LogP contribution in [0.3, 0.4) is 0 Å². The molecule has 2 aliphatic rings. The van der Waals surface area contributed by atoms with Gasteiger partial charge in [0.2, 0.25) is 5.91 Å². The van der Waals surface area contributed by atoms with Crippen molar-refractivity contribution in [2.45, 2.75) is 38.6 Å². The van der Waals surface area contributed by atoms with Crippen LogP contribution in [0, 0.1) is 12.8 Å². The topological polar surface area (TPSA) is 32.8 Å². The van der Waals surface area contributed by atoms with Crippen molar-refractivity contribution in [2.75, 3.05) is 39.9 Å². The minimum atomic E-state index is 0.283. The van der Waals surface area contributed by atoms with E-state index in [0.717, 1.165) is 57.7 Å². The van der Waals surface area contributed by atoms with E-state index in [0.29, 0.717) is 18.4 Å². The van der Waals surface area contributed by atoms with Crippen LogP contribution in [0.15, 0.2) is 24.3 Å². The zero-order chi connectivity index (χ0) is 16.9. The second-order valence-electron chi connectivity index (χ2n) is 7.41. The van der Waals surface area contributed by atoms with Crippen molar-refractivity contribution in [3.8, 4) is 0 Å². The van der Waals surface area contributed by atoms with Gasteiger partial charge in [-0.05, 0) is 57.5 Å². The van der Waals surface area contributed by atoms with Gasteiger partial charge < -0.3 is 14.5 Å². The smallest absolute Gasteiger partial charge is 0.227 e. The molecule has 4 nitrogen and oxygen atoms in total. The number of piperidine rings is 1. The third-order valence-corrected chi connectivity index (χ3v) is 5.53. The molecule has 2 aliphatic heterocycles. The second-order valence-corrected chi connectivity index (χ2v) is 7.41. The highest BCUT2D eigenvalue weighted by molar-refractivity contribution is 5.79. The minimum absolute atomic E-state index is 0.283. The maximum atomic E-state index is 13.1. The fraction of sp³-hybridized carbons (Fsp3) is 0.650. The number of likely N-dealkylation sites (tertiary alicyclic amines) is 1. The minimum Gasteiger partial charge on any atom is -0.381 e. The van der Waals surface area contributed by atoms with Gasteiger partial charge in [0.25, 0.3) is 0 Å². The summed E-state index contributed by atoms with van der Waals surface area (Å²) in [5, 5.41) is 0. The molecule has 4 heteroatoms. The van der Waals surface area contributed by atoms with Crippen molar-refractivity contribution >= 4 is 5.91 Å². The number of carbonyl (C=O) groups is 1. The van der Waals surface area contributed by atoms with Gasteiger partial charge in [0.15, 0.2) is 0 Å². The van der Waals surface area contributed by atoms with E-state index in [4.69, 9.17) is 4.74 Å². The van der Waals surface area contributed by atoms with Crippen molar-refractivity contribution < 1.29 is 9.53 Å². The molecule has 1 amide bonds. The van der Waals surface area contributed by atoms with Gasteiger partial charge in [-0.25, -0.2) is 0 Å². The van der Waals surface area contributed by atoms with Gasteiger partial charge in [-0.2, -0.15) is 0 Å². The summed E-state index contributed by atoms with van der Waals surface area (Å²) in [5.41, 5.74) is 2.36. The Morgan fingerprint density at radius 2 is 2.00 bits per heavy atom. The first-order valence-electron chi connectivity index (χ1n) is 9.23. The summed E-state index contributed by atoms with van der Waals surface area (Å²) >= 11 is 0. The highest BCUT2D eigenvalue weighted by Crippen LogP contribution is 2.22. The number of rotatable bonds is 5. The highest BCUT2D eigenvalue weighted by atomic mass is 16.5. The zero-order valence-electron chi connectivity index (χ0n) is 15.0. The van der Waals surface area contributed by atoms with Gasteiger partial charge in [0, 0.05) is 25.1 Å². The van der Waals surface area contributed by atoms with E-state index in [-0.39, 0.29) is 5.91 Å². The molecule has 2 heterocycles. The van der Waals surface area contributed by atoms with E-state index in [1.165, 1.54) is 5.56 Å². The van der Waals surface area contributed by atoms with Crippen LogP contribution in [0.25, 0.3) is 0 Å². The molecule has 1 unspecified atom stereocenters. The zero-order valence-corrected chi connectivity index (χ0v) is 15.0. The molecule has 0 aromatic heterocycles. The lowest BCUT2D eigenvalue weighted by Gasteiger charge is -2.38. The predicted octanol–water partition coefficient (Wildman–Crippen LogP) is 2.50. The van der Waals surface area contributed by atoms with Gasteiger partial charge in [0.05, 0.1) is 13.0 Å². The van der Waals surface area contributed by atoms with Gasteiger partial charge in [-0.3, -0.25) is 4.79 Å². The number of carbonyl (C=O) groups excluding carboxylic acids is 1. The average molecular weight is 330 g/mol. The predicted molar refractivity (Wildman–Crippen MR) is 96.0 cm³/mol. The molecule has 0 bridgehead atoms. The molecule has 0 aliphatic carbocycles. The first-order valence-corrected chi connectivity index (χ1v) is 9.23. The van der Waals surface area contributed by atoms with Gasteiger partial charge in [-0.15, -0.1) is 0 Å². The van der Waals surface area contributed by atoms with Crippen LogP contribution in [0.5, 0.6) is 0 Å². The maximum absolute atomic E-state index is 13.1. The van der Waals surface area contributed by atoms with Crippen LogP contribution >= 0.6 is 0 Å². The Hall–Kier alpha value is -1.39. The number of hydrogen-bond donors (Lipinski definition) is 0. The molecule has 2 saturated heterocycles. The quantitative estimate of drug-likeness (QED) is 0.831. The normalized spacial score (nSPS) is 22.7. The summed E-state index contributed by atoms with van der Waals surface area (Å²) in [5.74, 6) is 0.788. The van der Waals surface area contributed by atoms with Crippen LogP contribution in [0.1, 0.15) is 30.4 Å². The van der Waals surface area contributed by atoms with E-state index in [1.807, 2.05) is 12.1 Å². The van der Waals surface area contributed by atoms with Crippen LogP contribution in [0.4, 0.5) is 0 Å². The maximum Gasteiger partial charge on any atom is 0.227 e. The van der Waals surface area contributed by atoms with Crippen LogP contribution < -0.4 is 0 Å². The number of ether oxygens (including phenoxy) is 1. The summed E-state index contributed by atoms with van der Waals surface area (Å²) < 4.78 is 5.53. The van der Waals surface area contributed by atoms with Crippen molar-refractivity contribution in [1.82, 2.24) is 9.80 Å². The number of aryl methyl sites for hydroxylation is 1. The van der Waals surface area contributed by atoms with Gasteiger partial charge in [-0.1, -0.05) is 24.3 Å². The van der Waals surface area contributed by atoms with E-state index >= 15 is 0 Å². The van der Waals surface area contributed by atoms with Crippen molar-refractivity contribution in [3.63, 3.8) is 0 Å². The largest absolute Gasteiger partial charge is 0.381 e. The third-order valence-electron chi connectivity index (χ3n) is 5.53. The Labute approximate surface area is 145 Å². The van der Waals surface area contributed by atoms with Crippen LogP contribution in [-0.4, -0.2) is 61.6 Å². The molecule has 24 heavy (non-hydrogen) atoms. The molecule has 0 saturated carbocycles. The van der Waals surface area contributed by atoms with E-state index in [1.54, 1.807) is 0 Å². The molecule has 1 atom stereocenters. The van der Waals surface area contributed by atoms with Gasteiger partial charge >= 0.3 is 0 Å². The molecule has 0 N–H and O–H groups in total. The summed E-state index contributed by atoms with van der Waals surface area (Å²) in [7, 11) is 2.17. The molecular weight excluding hydrogens is 300 g/mol. The fourth-order valence-corrected chi connectivity index (χ4v) is 3.84. The Bertz CT molecular complexity index is 546. The Morgan fingerprint density at radius 1 is 1.25 bits per heavy atom. The number of nitrogens with zero attached hydrogens (tertiary/aromatic N) is 2. The van der Waals surface area contributed by atoms with E-state index < -0.39 is 0 Å². The first kappa shape index (κ1) is 17.4. The fourth-order valence-electron chi connectivity index (χ4n) is 3.84. The summed E-state index contributed by atoms with van der Waals surface area (Å²) in [6, 6.07) is 8.62. The lowest BCUT2D eigenvalue weighted by molar-refractivity contribution is -0.134. The molecular formula is C20H30N2O2. The highest BCUT2D eigenvalue weighted by Gasteiger charge is 2.30. The average Bonchev–Trinajstić information content (AvgIpc) is 3.09. The third kappa shape index (κ3) is 4.37. The SMILES string of the molecule is Cc1ccccc1CC(=O)N(CC1CCOC1)C1CCN(C)CC1. The lowest BCUT2D eigenvalue weighted by Crippen LogP contribution is -2.49. The summed E-state index contributed by atoms with van der Waals surface area (Å²) in [6.07, 6.45) is 3.78. The summed E-state index contributed by atoms with van der Waals surface area (Å²) in [4.78, 5) is 17.6. The van der Waals surface area contributed by atoms with Crippen LogP contribution in [-0.2, 0) is 16.0 Å². The molecule has 1 aromatic carbocycles.